The van der Waals surface area contributed by atoms with E-state index in [1.54, 1.807) is 30.3 Å². The summed E-state index contributed by atoms with van der Waals surface area (Å²) < 4.78 is 5.31. The van der Waals surface area contributed by atoms with Crippen LogP contribution in [0.2, 0.25) is 5.02 Å². The number of nitrogens with zero attached hydrogens (tertiary/aromatic N) is 1. The highest BCUT2D eigenvalue weighted by molar-refractivity contribution is 6.30. The smallest absolute Gasteiger partial charge is 0.339 e. The average Bonchev–Trinajstić information content (AvgIpc) is 2.88. The lowest BCUT2D eigenvalue weighted by Gasteiger charge is -2.17. The van der Waals surface area contributed by atoms with Crippen LogP contribution in [-0.4, -0.2) is 18.6 Å². The maximum Gasteiger partial charge on any atom is 0.339 e. The van der Waals surface area contributed by atoms with Gasteiger partial charge in [0.05, 0.1) is 11.3 Å². The molecule has 24 heavy (non-hydrogen) atoms. The molecule has 0 unspecified atom stereocenters. The van der Waals surface area contributed by atoms with Gasteiger partial charge in [0.2, 0.25) is 0 Å². The lowest BCUT2D eigenvalue weighted by atomic mass is 10.1. The fourth-order valence-electron chi connectivity index (χ4n) is 2.90. The summed E-state index contributed by atoms with van der Waals surface area (Å²) in [5.74, 6) is -0.659. The van der Waals surface area contributed by atoms with Gasteiger partial charge in [-0.3, -0.25) is 9.69 Å². The van der Waals surface area contributed by atoms with Crippen molar-refractivity contribution in [2.45, 2.75) is 0 Å². The number of halogens is 1. The van der Waals surface area contributed by atoms with Gasteiger partial charge in [-0.15, -0.1) is 0 Å². The van der Waals surface area contributed by atoms with E-state index in [4.69, 9.17) is 16.3 Å². The molecule has 3 aromatic carbocycles. The quantitative estimate of drug-likeness (QED) is 0.671. The maximum atomic E-state index is 12.6. The molecule has 3 aromatic rings. The Morgan fingerprint density at radius 3 is 2.46 bits per heavy atom. The van der Waals surface area contributed by atoms with Crippen LogP contribution in [0.1, 0.15) is 20.7 Å². The molecule has 4 rings (SSSR count). The molecule has 1 heterocycles. The third-order valence-electron chi connectivity index (χ3n) is 4.05. The molecule has 1 aliphatic heterocycles. The second-order valence-electron chi connectivity index (χ2n) is 5.48. The number of rotatable bonds is 3. The second kappa shape index (κ2) is 5.65. The van der Waals surface area contributed by atoms with Gasteiger partial charge in [0, 0.05) is 16.0 Å². The summed E-state index contributed by atoms with van der Waals surface area (Å²) in [5.41, 5.74) is 1.78. The molecule has 1 aliphatic rings. The van der Waals surface area contributed by atoms with Crippen LogP contribution >= 0.6 is 11.6 Å². The van der Waals surface area contributed by atoms with Gasteiger partial charge in [0.25, 0.3) is 5.91 Å². The van der Waals surface area contributed by atoms with E-state index in [-0.39, 0.29) is 12.6 Å². The summed E-state index contributed by atoms with van der Waals surface area (Å²) >= 11 is 5.81. The number of hydrogen-bond donors (Lipinski definition) is 0. The summed E-state index contributed by atoms with van der Waals surface area (Å²) in [7, 11) is 0. The van der Waals surface area contributed by atoms with Crippen molar-refractivity contribution < 1.29 is 14.3 Å². The summed E-state index contributed by atoms with van der Waals surface area (Å²) in [6.07, 6.45) is 0. The Hall–Kier alpha value is -2.85. The number of carbonyl (C=O) groups excluding carboxylic acids is 2. The number of amides is 1. The molecule has 5 heteroatoms. The van der Waals surface area contributed by atoms with E-state index in [2.05, 4.69) is 0 Å². The monoisotopic (exact) mass is 337 g/mol. The third-order valence-corrected chi connectivity index (χ3v) is 4.31. The van der Waals surface area contributed by atoms with Crippen molar-refractivity contribution in [2.24, 2.45) is 0 Å². The molecule has 1 amide bonds. The Kier molecular flexibility index (Phi) is 3.47. The van der Waals surface area contributed by atoms with E-state index in [1.807, 2.05) is 30.3 Å². The van der Waals surface area contributed by atoms with Gasteiger partial charge in [0.1, 0.15) is 0 Å². The fraction of sp³-hybridized carbons (Fsp3) is 0.0526. The largest absolute Gasteiger partial charge is 0.440 e. The predicted molar refractivity (Wildman–Crippen MR) is 92.5 cm³/mol. The van der Waals surface area contributed by atoms with Crippen LogP contribution in [-0.2, 0) is 4.74 Å². The molecule has 0 saturated heterocycles. The minimum atomic E-state index is -0.498. The summed E-state index contributed by atoms with van der Waals surface area (Å²) in [5, 5.41) is 2.43. The standard InChI is InChI=1S/C19H12ClNO3/c20-14-9-7-13(8-10-14)19(23)24-11-21-16-6-2-4-12-3-1-5-15(17(12)16)18(21)22/h1-10H,11H2. The van der Waals surface area contributed by atoms with Gasteiger partial charge in [-0.05, 0) is 41.8 Å². The first-order chi connectivity index (χ1) is 11.6. The molecular formula is C19H12ClNO3. The number of esters is 1. The maximum absolute atomic E-state index is 12.6. The van der Waals surface area contributed by atoms with Gasteiger partial charge in [-0.25, -0.2) is 4.79 Å². The Labute approximate surface area is 143 Å². The van der Waals surface area contributed by atoms with Crippen molar-refractivity contribution in [3.8, 4) is 0 Å². The Morgan fingerprint density at radius 2 is 1.71 bits per heavy atom. The highest BCUT2D eigenvalue weighted by Crippen LogP contribution is 2.36. The first-order valence-corrected chi connectivity index (χ1v) is 7.79. The van der Waals surface area contributed by atoms with Crippen molar-refractivity contribution >= 4 is 39.9 Å². The average molecular weight is 338 g/mol. The van der Waals surface area contributed by atoms with Gasteiger partial charge in [0.15, 0.2) is 6.73 Å². The summed E-state index contributed by atoms with van der Waals surface area (Å²) in [4.78, 5) is 26.2. The number of ether oxygens (including phenoxy) is 1. The van der Waals surface area contributed by atoms with Crippen LogP contribution < -0.4 is 4.90 Å². The SMILES string of the molecule is O=C(OCN1C(=O)c2cccc3cccc1c23)c1ccc(Cl)cc1. The first-order valence-electron chi connectivity index (χ1n) is 7.41. The molecule has 0 aromatic heterocycles. The summed E-state index contributed by atoms with van der Waals surface area (Å²) in [6, 6.07) is 17.7. The molecule has 118 valence electrons. The Balaban J connectivity index is 1.58. The van der Waals surface area contributed by atoms with Crippen molar-refractivity contribution in [3.05, 3.63) is 76.8 Å². The lowest BCUT2D eigenvalue weighted by molar-refractivity contribution is 0.0500. The lowest BCUT2D eigenvalue weighted by Crippen LogP contribution is -2.30. The molecular weight excluding hydrogens is 326 g/mol. The second-order valence-corrected chi connectivity index (χ2v) is 5.92. The number of benzene rings is 3. The van der Waals surface area contributed by atoms with Crippen molar-refractivity contribution in [1.82, 2.24) is 0 Å². The fourth-order valence-corrected chi connectivity index (χ4v) is 3.03. The number of carbonyl (C=O) groups is 2. The van der Waals surface area contributed by atoms with Crippen molar-refractivity contribution in [1.29, 1.82) is 0 Å². The number of anilines is 1. The Morgan fingerprint density at radius 1 is 1.00 bits per heavy atom. The molecule has 0 aliphatic carbocycles. The molecule has 4 nitrogen and oxygen atoms in total. The van der Waals surface area contributed by atoms with E-state index >= 15 is 0 Å². The van der Waals surface area contributed by atoms with Gasteiger partial charge in [-0.1, -0.05) is 35.9 Å². The van der Waals surface area contributed by atoms with E-state index in [9.17, 15) is 9.59 Å². The van der Waals surface area contributed by atoms with Crippen molar-refractivity contribution in [3.63, 3.8) is 0 Å². The van der Waals surface area contributed by atoms with Crippen LogP contribution in [0.3, 0.4) is 0 Å². The Bertz CT molecular complexity index is 961. The normalized spacial score (nSPS) is 12.7. The topological polar surface area (TPSA) is 46.6 Å². The van der Waals surface area contributed by atoms with Gasteiger partial charge in [-0.2, -0.15) is 0 Å². The van der Waals surface area contributed by atoms with E-state index < -0.39 is 5.97 Å². The van der Waals surface area contributed by atoms with Crippen molar-refractivity contribution in [2.75, 3.05) is 11.6 Å². The zero-order valence-electron chi connectivity index (χ0n) is 12.5. The van der Waals surface area contributed by atoms with Crippen LogP contribution in [0.4, 0.5) is 5.69 Å². The van der Waals surface area contributed by atoms with Crippen LogP contribution in [0.25, 0.3) is 10.8 Å². The van der Waals surface area contributed by atoms with Crippen LogP contribution in [0.15, 0.2) is 60.7 Å². The van der Waals surface area contributed by atoms with E-state index in [0.29, 0.717) is 16.1 Å². The van der Waals surface area contributed by atoms with E-state index in [0.717, 1.165) is 16.5 Å². The zero-order chi connectivity index (χ0) is 16.7. The summed E-state index contributed by atoms with van der Waals surface area (Å²) in [6.45, 7) is -0.131. The molecule has 0 saturated carbocycles. The minimum Gasteiger partial charge on any atom is -0.440 e. The molecule has 0 spiro atoms. The highest BCUT2D eigenvalue weighted by atomic mass is 35.5. The zero-order valence-corrected chi connectivity index (χ0v) is 13.3. The van der Waals surface area contributed by atoms with Crippen LogP contribution in [0, 0.1) is 0 Å². The van der Waals surface area contributed by atoms with Gasteiger partial charge < -0.3 is 4.74 Å². The molecule has 0 atom stereocenters. The van der Waals surface area contributed by atoms with Gasteiger partial charge >= 0.3 is 5.97 Å². The van der Waals surface area contributed by atoms with E-state index in [1.165, 1.54) is 4.90 Å². The molecule has 0 radical (unpaired) electrons. The highest BCUT2D eigenvalue weighted by Gasteiger charge is 2.30. The predicted octanol–water partition coefficient (Wildman–Crippen LogP) is 4.27. The third kappa shape index (κ3) is 2.32. The number of hydrogen-bond acceptors (Lipinski definition) is 3. The van der Waals surface area contributed by atoms with Crippen LogP contribution in [0.5, 0.6) is 0 Å². The molecule has 0 fully saturated rings. The molecule has 0 bridgehead atoms. The minimum absolute atomic E-state index is 0.131. The molecule has 0 N–H and O–H groups in total. The first kappa shape index (κ1) is 14.7.